The maximum atomic E-state index is 14.6. The number of ether oxygens (including phenoxy) is 1. The Hall–Kier alpha value is -1.49. The van der Waals surface area contributed by atoms with Gasteiger partial charge < -0.3 is 4.74 Å². The first-order valence-electron chi connectivity index (χ1n) is 11.4. The Morgan fingerprint density at radius 2 is 1.87 bits per heavy atom. The standard InChI is InChI=1S/C25H37F2NO2/c1-15(2)18-9-7-16(3)11-23(18)30-24(29)21-14-28(25(4,5)6)13-20(21)19-10-8-17(26)12-22(19)27/h8,10,12,15-16,18,20-21,23H,7,9,11,13-14H2,1-6H3/t16?,18?,20-,21+,23?/m0/s1. The van der Waals surface area contributed by atoms with Crippen molar-refractivity contribution in [3.8, 4) is 0 Å². The van der Waals surface area contributed by atoms with Gasteiger partial charge in [-0.3, -0.25) is 9.69 Å². The van der Waals surface area contributed by atoms with E-state index >= 15 is 0 Å². The van der Waals surface area contributed by atoms with Crippen molar-refractivity contribution >= 4 is 5.97 Å². The molecule has 1 aliphatic heterocycles. The predicted octanol–water partition coefficient (Wildman–Crippen LogP) is 5.78. The number of carbonyl (C=O) groups is 1. The number of hydrogen-bond donors (Lipinski definition) is 0. The zero-order valence-electron chi connectivity index (χ0n) is 19.3. The van der Waals surface area contributed by atoms with Crippen LogP contribution in [0.3, 0.4) is 0 Å². The third-order valence-electron chi connectivity index (χ3n) is 7.16. The van der Waals surface area contributed by atoms with Crippen LogP contribution in [0.1, 0.15) is 72.3 Å². The van der Waals surface area contributed by atoms with Crippen molar-refractivity contribution in [2.24, 2.45) is 23.7 Å². The molecule has 1 heterocycles. The normalized spacial score (nSPS) is 30.6. The van der Waals surface area contributed by atoms with Gasteiger partial charge in [0.15, 0.2) is 0 Å². The van der Waals surface area contributed by atoms with Crippen LogP contribution < -0.4 is 0 Å². The minimum atomic E-state index is -0.600. The molecule has 168 valence electrons. The van der Waals surface area contributed by atoms with Crippen molar-refractivity contribution in [3.05, 3.63) is 35.4 Å². The highest BCUT2D eigenvalue weighted by Crippen LogP contribution is 2.40. The Morgan fingerprint density at radius 3 is 2.47 bits per heavy atom. The zero-order valence-corrected chi connectivity index (χ0v) is 19.3. The molecule has 0 amide bonds. The Balaban J connectivity index is 1.85. The first-order valence-corrected chi connectivity index (χ1v) is 11.4. The summed E-state index contributed by atoms with van der Waals surface area (Å²) in [5, 5.41) is 0. The van der Waals surface area contributed by atoms with Gasteiger partial charge in [-0.15, -0.1) is 0 Å². The van der Waals surface area contributed by atoms with Crippen LogP contribution in [0.5, 0.6) is 0 Å². The minimum absolute atomic E-state index is 0.0800. The fourth-order valence-corrected chi connectivity index (χ4v) is 5.19. The molecule has 2 aliphatic rings. The Morgan fingerprint density at radius 1 is 1.17 bits per heavy atom. The van der Waals surface area contributed by atoms with Crippen molar-refractivity contribution < 1.29 is 18.3 Å². The molecule has 2 fully saturated rings. The second-order valence-corrected chi connectivity index (χ2v) is 10.8. The number of carbonyl (C=O) groups excluding carboxylic acids is 1. The molecule has 0 radical (unpaired) electrons. The Bertz CT molecular complexity index is 758. The van der Waals surface area contributed by atoms with Crippen molar-refractivity contribution in [2.45, 2.75) is 78.4 Å². The first-order chi connectivity index (χ1) is 14.0. The third kappa shape index (κ3) is 5.04. The Labute approximate surface area is 180 Å². The highest BCUT2D eigenvalue weighted by molar-refractivity contribution is 5.75. The van der Waals surface area contributed by atoms with E-state index < -0.39 is 17.6 Å². The molecular weight excluding hydrogens is 384 g/mol. The van der Waals surface area contributed by atoms with Crippen LogP contribution in [0.15, 0.2) is 18.2 Å². The van der Waals surface area contributed by atoms with Gasteiger partial charge in [-0.2, -0.15) is 0 Å². The molecule has 5 heteroatoms. The van der Waals surface area contributed by atoms with Gasteiger partial charge in [0, 0.05) is 30.6 Å². The first kappa shape index (κ1) is 23.2. The second-order valence-electron chi connectivity index (χ2n) is 10.8. The smallest absolute Gasteiger partial charge is 0.311 e. The molecule has 1 saturated heterocycles. The molecule has 3 nitrogen and oxygen atoms in total. The molecular formula is C25H37F2NO2. The highest BCUT2D eigenvalue weighted by Gasteiger charge is 2.45. The number of benzene rings is 1. The predicted molar refractivity (Wildman–Crippen MR) is 115 cm³/mol. The summed E-state index contributed by atoms with van der Waals surface area (Å²) in [6, 6.07) is 3.68. The molecule has 3 rings (SSSR count). The van der Waals surface area contributed by atoms with E-state index in [0.29, 0.717) is 36.4 Å². The lowest BCUT2D eigenvalue weighted by molar-refractivity contribution is -0.161. The summed E-state index contributed by atoms with van der Waals surface area (Å²) in [4.78, 5) is 15.6. The van der Waals surface area contributed by atoms with Gasteiger partial charge in [0.25, 0.3) is 0 Å². The zero-order chi connectivity index (χ0) is 22.2. The molecule has 1 aromatic rings. The summed E-state index contributed by atoms with van der Waals surface area (Å²) in [6.07, 6.45) is 3.05. The van der Waals surface area contributed by atoms with Crippen LogP contribution in [0.4, 0.5) is 8.78 Å². The lowest BCUT2D eigenvalue weighted by Crippen LogP contribution is -2.41. The molecule has 1 aliphatic carbocycles. The van der Waals surface area contributed by atoms with Crippen LogP contribution in [-0.2, 0) is 9.53 Å². The summed E-state index contributed by atoms with van der Waals surface area (Å²) < 4.78 is 34.2. The topological polar surface area (TPSA) is 29.5 Å². The van der Waals surface area contributed by atoms with Gasteiger partial charge in [0.2, 0.25) is 0 Å². The van der Waals surface area contributed by atoms with E-state index in [1.807, 2.05) is 0 Å². The van der Waals surface area contributed by atoms with E-state index in [4.69, 9.17) is 4.74 Å². The summed E-state index contributed by atoms with van der Waals surface area (Å²) in [7, 11) is 0. The molecule has 1 saturated carbocycles. The van der Waals surface area contributed by atoms with E-state index in [-0.39, 0.29) is 23.5 Å². The quantitative estimate of drug-likeness (QED) is 0.577. The summed E-state index contributed by atoms with van der Waals surface area (Å²) in [5.41, 5.74) is 0.256. The molecule has 5 atom stereocenters. The van der Waals surface area contributed by atoms with Crippen molar-refractivity contribution in [3.63, 3.8) is 0 Å². The van der Waals surface area contributed by atoms with Crippen molar-refractivity contribution in [1.29, 1.82) is 0 Å². The fourth-order valence-electron chi connectivity index (χ4n) is 5.19. The highest BCUT2D eigenvalue weighted by atomic mass is 19.1. The molecule has 0 aromatic heterocycles. The lowest BCUT2D eigenvalue weighted by atomic mass is 9.75. The maximum Gasteiger partial charge on any atom is 0.311 e. The second kappa shape index (κ2) is 8.94. The Kier molecular flexibility index (Phi) is 6.91. The maximum absolute atomic E-state index is 14.6. The van der Waals surface area contributed by atoms with Crippen LogP contribution >= 0.6 is 0 Å². The lowest BCUT2D eigenvalue weighted by Gasteiger charge is -2.37. The van der Waals surface area contributed by atoms with Crippen LogP contribution in [-0.4, -0.2) is 35.6 Å². The number of nitrogens with zero attached hydrogens (tertiary/aromatic N) is 1. The van der Waals surface area contributed by atoms with Gasteiger partial charge in [-0.25, -0.2) is 8.78 Å². The van der Waals surface area contributed by atoms with E-state index in [1.54, 1.807) is 0 Å². The average molecular weight is 422 g/mol. The van der Waals surface area contributed by atoms with Gasteiger partial charge in [0.05, 0.1) is 5.92 Å². The monoisotopic (exact) mass is 421 g/mol. The van der Waals surface area contributed by atoms with Gasteiger partial charge in [-0.05, 0) is 63.0 Å². The summed E-state index contributed by atoms with van der Waals surface area (Å²) in [6.45, 7) is 14.0. The van der Waals surface area contributed by atoms with E-state index in [1.165, 1.54) is 18.6 Å². The van der Waals surface area contributed by atoms with Crippen LogP contribution in [0.25, 0.3) is 0 Å². The average Bonchev–Trinajstić information content (AvgIpc) is 3.07. The molecule has 0 bridgehead atoms. The number of esters is 1. The van der Waals surface area contributed by atoms with Gasteiger partial charge in [-0.1, -0.05) is 33.3 Å². The molecule has 3 unspecified atom stereocenters. The number of halogens is 2. The number of likely N-dealkylation sites (tertiary alicyclic amines) is 1. The van der Waals surface area contributed by atoms with E-state index in [9.17, 15) is 13.6 Å². The molecule has 0 spiro atoms. The summed E-state index contributed by atoms with van der Waals surface area (Å²) in [5.74, 6) is -0.846. The third-order valence-corrected chi connectivity index (χ3v) is 7.16. The summed E-state index contributed by atoms with van der Waals surface area (Å²) >= 11 is 0. The largest absolute Gasteiger partial charge is 0.462 e. The number of hydrogen-bond acceptors (Lipinski definition) is 3. The minimum Gasteiger partial charge on any atom is -0.462 e. The van der Waals surface area contributed by atoms with Crippen molar-refractivity contribution in [2.75, 3.05) is 13.1 Å². The SMILES string of the molecule is CC1CCC(C(C)C)C(OC(=O)[C@@H]2CN(C(C)(C)C)C[C@H]2c2ccc(F)cc2F)C1. The van der Waals surface area contributed by atoms with Gasteiger partial charge in [0.1, 0.15) is 17.7 Å². The molecule has 1 aromatic carbocycles. The number of rotatable bonds is 4. The van der Waals surface area contributed by atoms with Crippen LogP contribution in [0.2, 0.25) is 0 Å². The fraction of sp³-hybridized carbons (Fsp3) is 0.720. The van der Waals surface area contributed by atoms with E-state index in [2.05, 4.69) is 46.4 Å². The van der Waals surface area contributed by atoms with Gasteiger partial charge >= 0.3 is 5.97 Å². The molecule has 30 heavy (non-hydrogen) atoms. The molecule has 0 N–H and O–H groups in total. The van der Waals surface area contributed by atoms with Crippen molar-refractivity contribution in [1.82, 2.24) is 4.90 Å². The van der Waals surface area contributed by atoms with E-state index in [0.717, 1.165) is 18.9 Å². The van der Waals surface area contributed by atoms with Crippen LogP contribution in [0, 0.1) is 35.3 Å².